The minimum atomic E-state index is -0.881. The minimum Gasteiger partial charge on any atom is -0.381 e. The van der Waals surface area contributed by atoms with E-state index in [1.165, 1.54) is 6.07 Å². The molecular formula is C12H12ClF2N3. The topological polar surface area (TPSA) is 29.9 Å². The van der Waals surface area contributed by atoms with Crippen LogP contribution in [0.5, 0.6) is 0 Å². The zero-order valence-electron chi connectivity index (χ0n) is 9.97. The Bertz CT molecular complexity index is 581. The number of aromatic nitrogens is 2. The Balaban J connectivity index is 2.14. The summed E-state index contributed by atoms with van der Waals surface area (Å²) >= 11 is 6.06. The molecule has 2 aromatic rings. The third-order valence-electron chi connectivity index (χ3n) is 2.66. The lowest BCUT2D eigenvalue weighted by atomic mass is 10.2. The van der Waals surface area contributed by atoms with E-state index in [1.54, 1.807) is 11.7 Å². The second kappa shape index (κ2) is 4.94. The minimum absolute atomic E-state index is 0.406. The Hall–Kier alpha value is -1.62. The molecule has 0 saturated carbocycles. The van der Waals surface area contributed by atoms with Crippen LogP contribution < -0.4 is 5.32 Å². The lowest BCUT2D eigenvalue weighted by Crippen LogP contribution is -2.01. The fourth-order valence-electron chi connectivity index (χ4n) is 1.67. The van der Waals surface area contributed by atoms with Gasteiger partial charge in [-0.05, 0) is 19.1 Å². The Labute approximate surface area is 108 Å². The van der Waals surface area contributed by atoms with Gasteiger partial charge in [0.25, 0.3) is 0 Å². The van der Waals surface area contributed by atoms with Crippen LogP contribution in [0.4, 0.5) is 14.5 Å². The van der Waals surface area contributed by atoms with Crippen molar-refractivity contribution in [3.05, 3.63) is 46.2 Å². The first-order chi connectivity index (χ1) is 8.49. The second-order valence-electron chi connectivity index (χ2n) is 3.96. The molecule has 3 nitrogen and oxygen atoms in total. The summed E-state index contributed by atoms with van der Waals surface area (Å²) in [4.78, 5) is 0. The summed E-state index contributed by atoms with van der Waals surface area (Å²) in [7, 11) is 1.75. The van der Waals surface area contributed by atoms with Crippen LogP contribution in [0.25, 0.3) is 0 Å². The number of rotatable bonds is 3. The standard InChI is InChI=1S/C12H12ClF2N3/c1-7-9(12(13)18(2)17-7)6-16-8-3-4-10(14)11(15)5-8/h3-5,16H,6H2,1-2H3. The van der Waals surface area contributed by atoms with Gasteiger partial charge in [0.2, 0.25) is 0 Å². The molecule has 1 aromatic carbocycles. The van der Waals surface area contributed by atoms with Gasteiger partial charge >= 0.3 is 0 Å². The summed E-state index contributed by atoms with van der Waals surface area (Å²) in [5, 5.41) is 7.67. The van der Waals surface area contributed by atoms with Crippen molar-refractivity contribution in [2.45, 2.75) is 13.5 Å². The van der Waals surface area contributed by atoms with Crippen LogP contribution in [0.15, 0.2) is 18.2 Å². The van der Waals surface area contributed by atoms with Crippen LogP contribution in [0.3, 0.4) is 0 Å². The summed E-state index contributed by atoms with van der Waals surface area (Å²) in [6, 6.07) is 3.66. The van der Waals surface area contributed by atoms with Crippen LogP contribution in [-0.2, 0) is 13.6 Å². The molecule has 0 atom stereocenters. The average Bonchev–Trinajstić information content (AvgIpc) is 2.56. The number of benzene rings is 1. The molecule has 0 bridgehead atoms. The number of nitrogens with one attached hydrogen (secondary N) is 1. The van der Waals surface area contributed by atoms with Crippen molar-refractivity contribution in [3.63, 3.8) is 0 Å². The van der Waals surface area contributed by atoms with E-state index >= 15 is 0 Å². The van der Waals surface area contributed by atoms with Crippen molar-refractivity contribution in [1.29, 1.82) is 0 Å². The Morgan fingerprint density at radius 1 is 1.33 bits per heavy atom. The number of hydrogen-bond acceptors (Lipinski definition) is 2. The Morgan fingerprint density at radius 2 is 2.06 bits per heavy atom. The van der Waals surface area contributed by atoms with E-state index in [-0.39, 0.29) is 0 Å². The van der Waals surface area contributed by atoms with Crippen molar-refractivity contribution in [3.8, 4) is 0 Å². The van der Waals surface area contributed by atoms with Gasteiger partial charge in [0, 0.05) is 30.9 Å². The maximum atomic E-state index is 13.0. The average molecular weight is 272 g/mol. The fraction of sp³-hybridized carbons (Fsp3) is 0.250. The molecule has 0 aliphatic heterocycles. The number of hydrogen-bond donors (Lipinski definition) is 1. The summed E-state index contributed by atoms with van der Waals surface area (Å²) in [6.07, 6.45) is 0. The van der Waals surface area contributed by atoms with Crippen molar-refractivity contribution < 1.29 is 8.78 Å². The summed E-state index contributed by atoms with van der Waals surface area (Å²) in [5.74, 6) is -1.75. The van der Waals surface area contributed by atoms with E-state index in [2.05, 4.69) is 10.4 Å². The molecule has 0 radical (unpaired) electrons. The van der Waals surface area contributed by atoms with Gasteiger partial charge in [0.15, 0.2) is 11.6 Å². The second-order valence-corrected chi connectivity index (χ2v) is 4.32. The van der Waals surface area contributed by atoms with Crippen LogP contribution in [0.1, 0.15) is 11.3 Å². The molecule has 0 amide bonds. The smallest absolute Gasteiger partial charge is 0.160 e. The van der Waals surface area contributed by atoms with Gasteiger partial charge < -0.3 is 5.32 Å². The van der Waals surface area contributed by atoms with Crippen LogP contribution >= 0.6 is 11.6 Å². The molecule has 0 fully saturated rings. The van der Waals surface area contributed by atoms with Crippen molar-refractivity contribution in [1.82, 2.24) is 9.78 Å². The molecular weight excluding hydrogens is 260 g/mol. The Kier molecular flexibility index (Phi) is 3.52. The zero-order valence-corrected chi connectivity index (χ0v) is 10.7. The number of nitrogens with zero attached hydrogens (tertiary/aromatic N) is 2. The molecule has 0 aliphatic carbocycles. The summed E-state index contributed by atoms with van der Waals surface area (Å²) < 4.78 is 27.3. The maximum absolute atomic E-state index is 13.0. The lowest BCUT2D eigenvalue weighted by Gasteiger charge is -2.06. The molecule has 6 heteroatoms. The highest BCUT2D eigenvalue weighted by atomic mass is 35.5. The highest BCUT2D eigenvalue weighted by molar-refractivity contribution is 6.30. The monoisotopic (exact) mass is 271 g/mol. The van der Waals surface area contributed by atoms with Gasteiger partial charge in [-0.1, -0.05) is 11.6 Å². The van der Waals surface area contributed by atoms with Gasteiger partial charge in [0.05, 0.1) is 5.69 Å². The van der Waals surface area contributed by atoms with Crippen LogP contribution in [0.2, 0.25) is 5.15 Å². The SMILES string of the molecule is Cc1nn(C)c(Cl)c1CNc1ccc(F)c(F)c1. The highest BCUT2D eigenvalue weighted by Crippen LogP contribution is 2.20. The van der Waals surface area contributed by atoms with Gasteiger partial charge in [0.1, 0.15) is 5.15 Å². The number of anilines is 1. The number of aryl methyl sites for hydroxylation is 2. The molecule has 18 heavy (non-hydrogen) atoms. The largest absolute Gasteiger partial charge is 0.381 e. The van der Waals surface area contributed by atoms with Gasteiger partial charge in [-0.2, -0.15) is 5.10 Å². The van der Waals surface area contributed by atoms with Crippen molar-refractivity contribution >= 4 is 17.3 Å². The molecule has 0 unspecified atom stereocenters. The predicted molar refractivity (Wildman–Crippen MR) is 66.6 cm³/mol. The zero-order chi connectivity index (χ0) is 13.3. The quantitative estimate of drug-likeness (QED) is 0.928. The molecule has 0 spiro atoms. The highest BCUT2D eigenvalue weighted by Gasteiger charge is 2.11. The first kappa shape index (κ1) is 12.8. The van der Waals surface area contributed by atoms with Crippen LogP contribution in [0, 0.1) is 18.6 Å². The molecule has 1 aromatic heterocycles. The third-order valence-corrected chi connectivity index (χ3v) is 3.13. The van der Waals surface area contributed by atoms with Gasteiger partial charge in [-0.15, -0.1) is 0 Å². The van der Waals surface area contributed by atoms with E-state index in [4.69, 9.17) is 11.6 Å². The normalized spacial score (nSPS) is 10.7. The lowest BCUT2D eigenvalue weighted by molar-refractivity contribution is 0.509. The molecule has 1 N–H and O–H groups in total. The molecule has 0 saturated heterocycles. The van der Waals surface area contributed by atoms with Crippen LogP contribution in [-0.4, -0.2) is 9.78 Å². The van der Waals surface area contributed by atoms with E-state index < -0.39 is 11.6 Å². The third kappa shape index (κ3) is 2.46. The van der Waals surface area contributed by atoms with Crippen molar-refractivity contribution in [2.24, 2.45) is 7.05 Å². The molecule has 1 heterocycles. The first-order valence-electron chi connectivity index (χ1n) is 5.36. The van der Waals surface area contributed by atoms with E-state index in [9.17, 15) is 8.78 Å². The number of halogens is 3. The van der Waals surface area contributed by atoms with E-state index in [0.29, 0.717) is 17.4 Å². The maximum Gasteiger partial charge on any atom is 0.160 e. The van der Waals surface area contributed by atoms with E-state index in [0.717, 1.165) is 23.4 Å². The summed E-state index contributed by atoms with van der Waals surface area (Å²) in [6.45, 7) is 2.25. The van der Waals surface area contributed by atoms with Gasteiger partial charge in [-0.25, -0.2) is 8.78 Å². The van der Waals surface area contributed by atoms with Gasteiger partial charge in [-0.3, -0.25) is 4.68 Å². The summed E-state index contributed by atoms with van der Waals surface area (Å²) in [5.41, 5.74) is 2.13. The van der Waals surface area contributed by atoms with E-state index in [1.807, 2.05) is 6.92 Å². The first-order valence-corrected chi connectivity index (χ1v) is 5.73. The molecule has 2 rings (SSSR count). The fourth-order valence-corrected chi connectivity index (χ4v) is 1.91. The predicted octanol–water partition coefficient (Wildman–Crippen LogP) is 3.27. The molecule has 96 valence electrons. The molecule has 0 aliphatic rings. The van der Waals surface area contributed by atoms with Crippen molar-refractivity contribution in [2.75, 3.05) is 5.32 Å². The Morgan fingerprint density at radius 3 is 2.61 bits per heavy atom.